The van der Waals surface area contributed by atoms with Gasteiger partial charge in [-0.2, -0.15) is 0 Å². The molecule has 0 radical (unpaired) electrons. The quantitative estimate of drug-likeness (QED) is 0.800. The number of hydrogen-bond donors (Lipinski definition) is 1. The number of aromatic nitrogens is 1. The van der Waals surface area contributed by atoms with Gasteiger partial charge in [0.05, 0.1) is 12.3 Å². The maximum atomic E-state index is 5.81. The minimum atomic E-state index is 0.561. The normalized spacial score (nSPS) is 10.6. The molecular formula is C11H18N2O. The topological polar surface area (TPSA) is 48.1 Å². The van der Waals surface area contributed by atoms with Crippen molar-refractivity contribution >= 4 is 5.69 Å². The van der Waals surface area contributed by atoms with Crippen molar-refractivity contribution in [3.8, 4) is 5.88 Å². The monoisotopic (exact) mass is 194 g/mol. The molecule has 0 unspecified atom stereocenters. The summed E-state index contributed by atoms with van der Waals surface area (Å²) in [5, 5.41) is 0. The third-order valence-corrected chi connectivity index (χ3v) is 2.11. The Labute approximate surface area is 85.3 Å². The second kappa shape index (κ2) is 4.84. The number of hydrogen-bond acceptors (Lipinski definition) is 3. The maximum absolute atomic E-state index is 5.81. The molecule has 14 heavy (non-hydrogen) atoms. The van der Waals surface area contributed by atoms with Gasteiger partial charge in [-0.05, 0) is 30.9 Å². The maximum Gasteiger partial charge on any atom is 0.237 e. The molecule has 1 aromatic heterocycles. The number of rotatable bonds is 4. The van der Waals surface area contributed by atoms with Crippen LogP contribution < -0.4 is 10.5 Å². The van der Waals surface area contributed by atoms with Crippen molar-refractivity contribution in [2.45, 2.75) is 27.2 Å². The first-order valence-electron chi connectivity index (χ1n) is 4.95. The van der Waals surface area contributed by atoms with Gasteiger partial charge in [0.1, 0.15) is 0 Å². The van der Waals surface area contributed by atoms with Gasteiger partial charge < -0.3 is 10.5 Å². The van der Waals surface area contributed by atoms with Crippen LogP contribution >= 0.6 is 0 Å². The molecule has 0 saturated carbocycles. The Hall–Kier alpha value is -1.25. The molecule has 0 spiro atoms. The van der Waals surface area contributed by atoms with Crippen molar-refractivity contribution in [1.82, 2.24) is 4.98 Å². The summed E-state index contributed by atoms with van der Waals surface area (Å²) in [6.45, 7) is 6.96. The zero-order valence-corrected chi connectivity index (χ0v) is 9.08. The lowest BCUT2D eigenvalue weighted by Gasteiger charge is -2.10. The number of nitrogens with zero attached hydrogens (tertiary/aromatic N) is 1. The molecule has 3 heteroatoms. The van der Waals surface area contributed by atoms with Gasteiger partial charge in [0.2, 0.25) is 5.88 Å². The van der Waals surface area contributed by atoms with Crippen molar-refractivity contribution in [1.29, 1.82) is 0 Å². The van der Waals surface area contributed by atoms with E-state index < -0.39 is 0 Å². The lowest BCUT2D eigenvalue weighted by Crippen LogP contribution is -2.05. The third-order valence-electron chi connectivity index (χ3n) is 2.11. The zero-order valence-electron chi connectivity index (χ0n) is 9.08. The predicted molar refractivity (Wildman–Crippen MR) is 58.3 cm³/mol. The molecule has 0 amide bonds. The molecule has 0 saturated heterocycles. The highest BCUT2D eigenvalue weighted by atomic mass is 16.5. The summed E-state index contributed by atoms with van der Waals surface area (Å²) in [5.74, 6) is 1.20. The molecule has 0 aliphatic rings. The van der Waals surface area contributed by atoms with Crippen LogP contribution in [0.15, 0.2) is 12.3 Å². The predicted octanol–water partition coefficient (Wildman–Crippen LogP) is 2.40. The van der Waals surface area contributed by atoms with E-state index in [-0.39, 0.29) is 0 Å². The summed E-state index contributed by atoms with van der Waals surface area (Å²) < 4.78 is 5.49. The molecule has 0 atom stereocenters. The van der Waals surface area contributed by atoms with Gasteiger partial charge in [-0.1, -0.05) is 13.8 Å². The highest BCUT2D eigenvalue weighted by molar-refractivity contribution is 5.53. The molecular weight excluding hydrogens is 176 g/mol. The lowest BCUT2D eigenvalue weighted by atomic mass is 10.1. The molecule has 0 bridgehead atoms. The Kier molecular flexibility index (Phi) is 3.74. The summed E-state index contributed by atoms with van der Waals surface area (Å²) in [6.07, 6.45) is 2.74. The average molecular weight is 194 g/mol. The highest BCUT2D eigenvalue weighted by Crippen LogP contribution is 2.21. The van der Waals surface area contributed by atoms with Gasteiger partial charge in [-0.3, -0.25) is 0 Å². The van der Waals surface area contributed by atoms with E-state index in [1.807, 2.05) is 13.0 Å². The fourth-order valence-electron chi connectivity index (χ4n) is 1.05. The van der Waals surface area contributed by atoms with E-state index in [4.69, 9.17) is 10.5 Å². The van der Waals surface area contributed by atoms with Crippen LogP contribution in [0, 0.1) is 12.8 Å². The Morgan fingerprint density at radius 1 is 1.50 bits per heavy atom. The Morgan fingerprint density at radius 2 is 2.21 bits per heavy atom. The molecule has 1 rings (SSSR count). The minimum Gasteiger partial charge on any atom is -0.476 e. The second-order valence-corrected chi connectivity index (χ2v) is 3.88. The first kappa shape index (κ1) is 10.8. The van der Waals surface area contributed by atoms with E-state index in [0.29, 0.717) is 24.1 Å². The Morgan fingerprint density at radius 3 is 2.86 bits per heavy atom. The third kappa shape index (κ3) is 2.91. The molecule has 2 N–H and O–H groups in total. The molecule has 0 aromatic carbocycles. The summed E-state index contributed by atoms with van der Waals surface area (Å²) in [5.41, 5.74) is 7.47. The van der Waals surface area contributed by atoms with E-state index in [1.54, 1.807) is 6.20 Å². The van der Waals surface area contributed by atoms with Gasteiger partial charge in [-0.25, -0.2) is 4.98 Å². The number of pyridine rings is 1. The molecule has 0 aliphatic carbocycles. The number of nitrogen functional groups attached to an aromatic ring is 1. The number of ether oxygens (including phenoxy) is 1. The minimum absolute atomic E-state index is 0.561. The largest absolute Gasteiger partial charge is 0.476 e. The molecule has 3 nitrogen and oxygen atoms in total. The van der Waals surface area contributed by atoms with Crippen LogP contribution in [-0.2, 0) is 0 Å². The van der Waals surface area contributed by atoms with E-state index in [9.17, 15) is 0 Å². The first-order valence-corrected chi connectivity index (χ1v) is 4.95. The lowest BCUT2D eigenvalue weighted by molar-refractivity contribution is 0.281. The highest BCUT2D eigenvalue weighted by Gasteiger charge is 2.04. The number of anilines is 1. The van der Waals surface area contributed by atoms with Gasteiger partial charge in [0.15, 0.2) is 0 Å². The smallest absolute Gasteiger partial charge is 0.237 e. The van der Waals surface area contributed by atoms with Crippen molar-refractivity contribution in [2.24, 2.45) is 5.92 Å². The molecule has 78 valence electrons. The SMILES string of the molecule is Cc1ccnc(OCCC(C)C)c1N. The van der Waals surface area contributed by atoms with Gasteiger partial charge >= 0.3 is 0 Å². The second-order valence-electron chi connectivity index (χ2n) is 3.88. The van der Waals surface area contributed by atoms with Crippen LogP contribution in [0.2, 0.25) is 0 Å². The molecule has 1 aromatic rings. The molecule has 1 heterocycles. The van der Waals surface area contributed by atoms with E-state index >= 15 is 0 Å². The average Bonchev–Trinajstić information content (AvgIpc) is 2.12. The molecule has 0 fully saturated rings. The molecule has 0 aliphatic heterocycles. The van der Waals surface area contributed by atoms with Crippen molar-refractivity contribution < 1.29 is 4.74 Å². The van der Waals surface area contributed by atoms with Crippen LogP contribution in [-0.4, -0.2) is 11.6 Å². The van der Waals surface area contributed by atoms with E-state index in [2.05, 4.69) is 18.8 Å². The first-order chi connectivity index (χ1) is 6.61. The van der Waals surface area contributed by atoms with Crippen molar-refractivity contribution in [3.63, 3.8) is 0 Å². The van der Waals surface area contributed by atoms with Crippen molar-refractivity contribution in [2.75, 3.05) is 12.3 Å². The fraction of sp³-hybridized carbons (Fsp3) is 0.545. The van der Waals surface area contributed by atoms with Crippen LogP contribution in [0.25, 0.3) is 0 Å². The van der Waals surface area contributed by atoms with Gasteiger partial charge in [0.25, 0.3) is 0 Å². The zero-order chi connectivity index (χ0) is 10.6. The standard InChI is InChI=1S/C11H18N2O/c1-8(2)5-7-14-11-10(12)9(3)4-6-13-11/h4,6,8H,5,7,12H2,1-3H3. The van der Waals surface area contributed by atoms with E-state index in [1.165, 1.54) is 0 Å². The number of nitrogens with two attached hydrogens (primary N) is 1. The fourth-order valence-corrected chi connectivity index (χ4v) is 1.05. The summed E-state index contributed by atoms with van der Waals surface area (Å²) >= 11 is 0. The number of aryl methyl sites for hydroxylation is 1. The summed E-state index contributed by atoms with van der Waals surface area (Å²) in [6, 6.07) is 1.88. The van der Waals surface area contributed by atoms with Gasteiger partial charge in [-0.15, -0.1) is 0 Å². The van der Waals surface area contributed by atoms with Crippen LogP contribution in [0.5, 0.6) is 5.88 Å². The van der Waals surface area contributed by atoms with Crippen LogP contribution in [0.1, 0.15) is 25.8 Å². The van der Waals surface area contributed by atoms with Crippen LogP contribution in [0.4, 0.5) is 5.69 Å². The van der Waals surface area contributed by atoms with Crippen molar-refractivity contribution in [3.05, 3.63) is 17.8 Å². The Bertz CT molecular complexity index is 297. The van der Waals surface area contributed by atoms with Crippen LogP contribution in [0.3, 0.4) is 0 Å². The van der Waals surface area contributed by atoms with E-state index in [0.717, 1.165) is 12.0 Å². The van der Waals surface area contributed by atoms with Gasteiger partial charge in [0, 0.05) is 6.20 Å². The Balaban J connectivity index is 2.54. The summed E-state index contributed by atoms with van der Waals surface area (Å²) in [4.78, 5) is 4.09. The summed E-state index contributed by atoms with van der Waals surface area (Å²) in [7, 11) is 0.